The minimum absolute atomic E-state index is 0.1000. The van der Waals surface area contributed by atoms with Crippen LogP contribution in [-0.4, -0.2) is 30.6 Å². The Balaban J connectivity index is 1.90. The highest BCUT2D eigenvalue weighted by Crippen LogP contribution is 2.20. The first-order chi connectivity index (χ1) is 9.70. The van der Waals surface area contributed by atoms with Gasteiger partial charge in [0.1, 0.15) is 5.82 Å². The van der Waals surface area contributed by atoms with Crippen LogP contribution in [0.4, 0.5) is 4.39 Å². The first-order valence-electron chi connectivity index (χ1n) is 7.93. The minimum Gasteiger partial charge on any atom is -0.306 e. The van der Waals surface area contributed by atoms with Gasteiger partial charge in [0, 0.05) is 24.2 Å². The zero-order valence-electron chi connectivity index (χ0n) is 12.7. The second-order valence-corrected chi connectivity index (χ2v) is 5.91. The van der Waals surface area contributed by atoms with Crippen molar-refractivity contribution in [2.45, 2.75) is 51.6 Å². The molecule has 1 heterocycles. The Bertz CT molecular complexity index is 402. The molecular weight excluding hydrogens is 251 g/mol. The second kappa shape index (κ2) is 7.75. The fourth-order valence-electron chi connectivity index (χ4n) is 3.11. The molecule has 1 N–H and O–H groups in total. The predicted octanol–water partition coefficient (Wildman–Crippen LogP) is 3.74. The fraction of sp³-hybridized carbons (Fsp3) is 0.647. The number of hydrogen-bond donors (Lipinski definition) is 1. The van der Waals surface area contributed by atoms with Crippen molar-refractivity contribution in [1.82, 2.24) is 10.2 Å². The van der Waals surface area contributed by atoms with E-state index in [1.807, 2.05) is 12.1 Å². The number of piperidine rings is 1. The van der Waals surface area contributed by atoms with Gasteiger partial charge in [-0.05, 0) is 45.3 Å². The summed E-state index contributed by atoms with van der Waals surface area (Å²) in [6, 6.07) is 7.61. The molecule has 1 saturated heterocycles. The third-order valence-electron chi connectivity index (χ3n) is 4.16. The maximum atomic E-state index is 13.9. The predicted molar refractivity (Wildman–Crippen MR) is 82.3 cm³/mol. The van der Waals surface area contributed by atoms with E-state index in [2.05, 4.69) is 24.1 Å². The highest BCUT2D eigenvalue weighted by Gasteiger charge is 2.18. The molecule has 2 nitrogen and oxygen atoms in total. The number of nitrogens with zero attached hydrogens (tertiary/aromatic N) is 1. The Morgan fingerprint density at radius 2 is 1.90 bits per heavy atom. The molecule has 1 aromatic carbocycles. The molecule has 0 bridgehead atoms. The number of rotatable bonds is 6. The minimum atomic E-state index is -0.1000. The second-order valence-electron chi connectivity index (χ2n) is 5.91. The van der Waals surface area contributed by atoms with Crippen molar-refractivity contribution in [2.75, 3.05) is 19.6 Å². The molecule has 1 aliphatic rings. The average Bonchev–Trinajstić information content (AvgIpc) is 2.46. The SMILES string of the molecule is CCC(NC(C)CN1CCCCC1)c1ccccc1F. The molecule has 0 aromatic heterocycles. The summed E-state index contributed by atoms with van der Waals surface area (Å²) in [5, 5.41) is 3.59. The standard InChI is InChI=1S/C17H27FN2/c1-3-17(15-9-5-6-10-16(15)18)19-14(2)13-20-11-7-4-8-12-20/h5-6,9-10,14,17,19H,3-4,7-8,11-13H2,1-2H3. The van der Waals surface area contributed by atoms with Gasteiger partial charge in [-0.25, -0.2) is 4.39 Å². The average molecular weight is 278 g/mol. The Labute approximate surface area is 122 Å². The van der Waals surface area contributed by atoms with Gasteiger partial charge in [0.2, 0.25) is 0 Å². The first kappa shape index (κ1) is 15.5. The van der Waals surface area contributed by atoms with Crippen LogP contribution in [0.15, 0.2) is 24.3 Å². The monoisotopic (exact) mass is 278 g/mol. The Morgan fingerprint density at radius 1 is 1.20 bits per heavy atom. The molecule has 0 amide bonds. The topological polar surface area (TPSA) is 15.3 Å². The molecule has 3 heteroatoms. The maximum absolute atomic E-state index is 13.9. The van der Waals surface area contributed by atoms with Gasteiger partial charge < -0.3 is 10.2 Å². The van der Waals surface area contributed by atoms with Crippen LogP contribution in [0.3, 0.4) is 0 Å². The van der Waals surface area contributed by atoms with E-state index < -0.39 is 0 Å². The van der Waals surface area contributed by atoms with Gasteiger partial charge in [-0.1, -0.05) is 31.5 Å². The van der Waals surface area contributed by atoms with Gasteiger partial charge in [-0.3, -0.25) is 0 Å². The molecule has 0 radical (unpaired) electrons. The van der Waals surface area contributed by atoms with E-state index in [9.17, 15) is 4.39 Å². The lowest BCUT2D eigenvalue weighted by Gasteiger charge is -2.31. The Morgan fingerprint density at radius 3 is 2.55 bits per heavy atom. The number of nitrogens with one attached hydrogen (secondary N) is 1. The van der Waals surface area contributed by atoms with Crippen LogP contribution in [0, 0.1) is 5.82 Å². The largest absolute Gasteiger partial charge is 0.306 e. The normalized spacial score (nSPS) is 19.8. The van der Waals surface area contributed by atoms with Crippen LogP contribution in [0.25, 0.3) is 0 Å². The van der Waals surface area contributed by atoms with Crippen molar-refractivity contribution in [3.8, 4) is 0 Å². The van der Waals surface area contributed by atoms with Crippen molar-refractivity contribution >= 4 is 0 Å². The lowest BCUT2D eigenvalue weighted by atomic mass is 10.0. The van der Waals surface area contributed by atoms with Crippen LogP contribution >= 0.6 is 0 Å². The zero-order chi connectivity index (χ0) is 14.4. The van der Waals surface area contributed by atoms with E-state index in [0.29, 0.717) is 6.04 Å². The summed E-state index contributed by atoms with van der Waals surface area (Å²) >= 11 is 0. The van der Waals surface area contributed by atoms with Crippen LogP contribution in [-0.2, 0) is 0 Å². The van der Waals surface area contributed by atoms with Crippen LogP contribution in [0.2, 0.25) is 0 Å². The van der Waals surface area contributed by atoms with Crippen molar-refractivity contribution in [2.24, 2.45) is 0 Å². The summed E-state index contributed by atoms with van der Waals surface area (Å²) in [6.45, 7) is 7.80. The number of likely N-dealkylation sites (tertiary alicyclic amines) is 1. The van der Waals surface area contributed by atoms with E-state index in [1.54, 1.807) is 12.1 Å². The van der Waals surface area contributed by atoms with Crippen LogP contribution < -0.4 is 5.32 Å². The van der Waals surface area contributed by atoms with Gasteiger partial charge in [-0.15, -0.1) is 0 Å². The van der Waals surface area contributed by atoms with Gasteiger partial charge in [0.15, 0.2) is 0 Å². The molecule has 0 saturated carbocycles. The Kier molecular flexibility index (Phi) is 5.99. The summed E-state index contributed by atoms with van der Waals surface area (Å²) in [6.07, 6.45) is 4.91. The van der Waals surface area contributed by atoms with Crippen LogP contribution in [0.5, 0.6) is 0 Å². The molecular formula is C17H27FN2. The quantitative estimate of drug-likeness (QED) is 0.852. The number of benzene rings is 1. The fourth-order valence-corrected chi connectivity index (χ4v) is 3.11. The molecule has 2 unspecified atom stereocenters. The summed E-state index contributed by atoms with van der Waals surface area (Å²) < 4.78 is 13.9. The van der Waals surface area contributed by atoms with Crippen molar-refractivity contribution in [1.29, 1.82) is 0 Å². The van der Waals surface area contributed by atoms with E-state index in [4.69, 9.17) is 0 Å². The number of hydrogen-bond acceptors (Lipinski definition) is 2. The lowest BCUT2D eigenvalue weighted by Crippen LogP contribution is -2.42. The van der Waals surface area contributed by atoms with Gasteiger partial charge in [0.25, 0.3) is 0 Å². The molecule has 0 spiro atoms. The summed E-state index contributed by atoms with van der Waals surface area (Å²) in [7, 11) is 0. The third-order valence-corrected chi connectivity index (χ3v) is 4.16. The molecule has 1 aromatic rings. The van der Waals surface area contributed by atoms with E-state index in [1.165, 1.54) is 32.4 Å². The van der Waals surface area contributed by atoms with E-state index >= 15 is 0 Å². The van der Waals surface area contributed by atoms with Gasteiger partial charge in [-0.2, -0.15) is 0 Å². The molecule has 112 valence electrons. The lowest BCUT2D eigenvalue weighted by molar-refractivity contribution is 0.203. The summed E-state index contributed by atoms with van der Waals surface area (Å²) in [5.74, 6) is -0.1000. The zero-order valence-corrected chi connectivity index (χ0v) is 12.7. The van der Waals surface area contributed by atoms with E-state index in [0.717, 1.165) is 18.5 Å². The van der Waals surface area contributed by atoms with Crippen LogP contribution in [0.1, 0.15) is 51.1 Å². The maximum Gasteiger partial charge on any atom is 0.127 e. The smallest absolute Gasteiger partial charge is 0.127 e. The first-order valence-corrected chi connectivity index (χ1v) is 7.93. The van der Waals surface area contributed by atoms with Crippen molar-refractivity contribution < 1.29 is 4.39 Å². The molecule has 1 fully saturated rings. The highest BCUT2D eigenvalue weighted by atomic mass is 19.1. The Hall–Kier alpha value is -0.930. The molecule has 20 heavy (non-hydrogen) atoms. The molecule has 2 rings (SSSR count). The number of halogens is 1. The molecule has 2 atom stereocenters. The summed E-state index contributed by atoms with van der Waals surface area (Å²) in [5.41, 5.74) is 0.792. The van der Waals surface area contributed by atoms with Crippen molar-refractivity contribution in [3.63, 3.8) is 0 Å². The molecule has 1 aliphatic heterocycles. The third kappa shape index (κ3) is 4.29. The van der Waals surface area contributed by atoms with Crippen molar-refractivity contribution in [3.05, 3.63) is 35.6 Å². The van der Waals surface area contributed by atoms with E-state index in [-0.39, 0.29) is 11.9 Å². The summed E-state index contributed by atoms with van der Waals surface area (Å²) in [4.78, 5) is 2.52. The molecule has 0 aliphatic carbocycles. The van der Waals surface area contributed by atoms with Gasteiger partial charge in [0.05, 0.1) is 0 Å². The highest BCUT2D eigenvalue weighted by molar-refractivity contribution is 5.21. The van der Waals surface area contributed by atoms with Gasteiger partial charge >= 0.3 is 0 Å².